The molecule has 3 aromatic rings. The molecule has 2 aromatic carbocycles. The first kappa shape index (κ1) is 25.6. The Labute approximate surface area is 209 Å². The highest BCUT2D eigenvalue weighted by atomic mass is 32.2. The fraction of sp³-hybridized carbons (Fsp3) is 0.308. The summed E-state index contributed by atoms with van der Waals surface area (Å²) in [5, 5.41) is 6.75. The second-order valence-corrected chi connectivity index (χ2v) is 10.4. The molecule has 0 saturated carbocycles. The standard InChI is InChI=1S/C26H28FN3O5S/c1-18-25(24(35-29-18)11-10-20-7-3-4-9-23(20)27)36(32,33)30-14-12-21(13-15-30)26(31)28-17-19-6-5-8-22(16-19)34-2/h3-11,16,21H,12-15,17H2,1-2H3,(H,28,31). The van der Waals surface area contributed by atoms with Crippen molar-refractivity contribution in [3.8, 4) is 5.75 Å². The number of benzene rings is 2. The number of halogens is 1. The molecular weight excluding hydrogens is 485 g/mol. The molecule has 1 aliphatic rings. The molecule has 36 heavy (non-hydrogen) atoms. The van der Waals surface area contributed by atoms with Gasteiger partial charge in [0.15, 0.2) is 10.7 Å². The summed E-state index contributed by atoms with van der Waals surface area (Å²) in [5.74, 6) is -0.0712. The number of carbonyl (C=O) groups is 1. The number of hydrogen-bond donors (Lipinski definition) is 1. The topological polar surface area (TPSA) is 102 Å². The number of aromatic nitrogens is 1. The molecule has 4 rings (SSSR count). The maximum absolute atomic E-state index is 13.9. The Bertz CT molecular complexity index is 1360. The molecule has 10 heteroatoms. The molecule has 0 spiro atoms. The maximum Gasteiger partial charge on any atom is 0.248 e. The van der Waals surface area contributed by atoms with Crippen molar-refractivity contribution < 1.29 is 26.9 Å². The molecule has 0 unspecified atom stereocenters. The third-order valence-corrected chi connectivity index (χ3v) is 8.23. The highest BCUT2D eigenvalue weighted by molar-refractivity contribution is 7.89. The number of nitrogens with one attached hydrogen (secondary N) is 1. The Balaban J connectivity index is 1.40. The van der Waals surface area contributed by atoms with Crippen molar-refractivity contribution in [3.63, 3.8) is 0 Å². The summed E-state index contributed by atoms with van der Waals surface area (Å²) in [5.41, 5.74) is 1.44. The van der Waals surface area contributed by atoms with E-state index in [0.717, 1.165) is 5.56 Å². The lowest BCUT2D eigenvalue weighted by Crippen LogP contribution is -2.43. The zero-order valence-electron chi connectivity index (χ0n) is 20.1. The molecule has 1 fully saturated rings. The van der Waals surface area contributed by atoms with E-state index in [9.17, 15) is 17.6 Å². The van der Waals surface area contributed by atoms with Crippen LogP contribution in [-0.4, -0.2) is 44.0 Å². The Kier molecular flexibility index (Phi) is 7.85. The highest BCUT2D eigenvalue weighted by Gasteiger charge is 2.35. The van der Waals surface area contributed by atoms with Crippen molar-refractivity contribution in [2.24, 2.45) is 5.92 Å². The zero-order chi connectivity index (χ0) is 25.7. The van der Waals surface area contributed by atoms with E-state index in [4.69, 9.17) is 9.26 Å². The zero-order valence-corrected chi connectivity index (χ0v) is 20.9. The van der Waals surface area contributed by atoms with Crippen molar-refractivity contribution in [3.05, 3.63) is 76.9 Å². The summed E-state index contributed by atoms with van der Waals surface area (Å²) in [7, 11) is -2.33. The van der Waals surface area contributed by atoms with Gasteiger partial charge in [0.1, 0.15) is 17.3 Å². The SMILES string of the molecule is COc1cccc(CNC(=O)C2CCN(S(=O)(=O)c3c(C)noc3C=Cc3ccccc3F)CC2)c1. The summed E-state index contributed by atoms with van der Waals surface area (Å²) in [6, 6.07) is 13.6. The van der Waals surface area contributed by atoms with Crippen LogP contribution in [0.4, 0.5) is 4.39 Å². The molecule has 1 aromatic heterocycles. The predicted octanol–water partition coefficient (Wildman–Crippen LogP) is 4.02. The van der Waals surface area contributed by atoms with Gasteiger partial charge in [-0.15, -0.1) is 0 Å². The van der Waals surface area contributed by atoms with E-state index in [-0.39, 0.29) is 41.3 Å². The third kappa shape index (κ3) is 5.66. The largest absolute Gasteiger partial charge is 0.497 e. The van der Waals surface area contributed by atoms with Gasteiger partial charge in [-0.3, -0.25) is 4.79 Å². The van der Waals surface area contributed by atoms with Crippen molar-refractivity contribution in [2.75, 3.05) is 20.2 Å². The fourth-order valence-corrected chi connectivity index (χ4v) is 5.90. The van der Waals surface area contributed by atoms with Gasteiger partial charge in [0.05, 0.1) is 7.11 Å². The number of hydrogen-bond acceptors (Lipinski definition) is 6. The Morgan fingerprint density at radius 1 is 1.19 bits per heavy atom. The molecule has 1 N–H and O–H groups in total. The third-order valence-electron chi connectivity index (χ3n) is 6.18. The van der Waals surface area contributed by atoms with Gasteiger partial charge in [-0.2, -0.15) is 4.31 Å². The highest BCUT2D eigenvalue weighted by Crippen LogP contribution is 2.29. The summed E-state index contributed by atoms with van der Waals surface area (Å²) in [4.78, 5) is 12.6. The quantitative estimate of drug-likeness (QED) is 0.488. The summed E-state index contributed by atoms with van der Waals surface area (Å²) in [6.07, 6.45) is 3.65. The monoisotopic (exact) mass is 513 g/mol. The summed E-state index contributed by atoms with van der Waals surface area (Å²) in [6.45, 7) is 2.31. The van der Waals surface area contributed by atoms with E-state index in [1.54, 1.807) is 32.2 Å². The minimum Gasteiger partial charge on any atom is -0.497 e. The fourth-order valence-electron chi connectivity index (χ4n) is 4.18. The van der Waals surface area contributed by atoms with Gasteiger partial charge in [0.2, 0.25) is 15.9 Å². The second-order valence-electron chi connectivity index (χ2n) is 8.56. The second kappa shape index (κ2) is 11.0. The smallest absolute Gasteiger partial charge is 0.248 e. The number of sulfonamides is 1. The van der Waals surface area contributed by atoms with E-state index < -0.39 is 15.8 Å². The van der Waals surface area contributed by atoms with Crippen LogP contribution in [0.2, 0.25) is 0 Å². The van der Waals surface area contributed by atoms with Crippen molar-refractivity contribution >= 4 is 28.1 Å². The number of piperidine rings is 1. The minimum atomic E-state index is -3.92. The van der Waals surface area contributed by atoms with E-state index in [1.165, 1.54) is 22.5 Å². The minimum absolute atomic E-state index is 0.0360. The molecular formula is C26H28FN3O5S. The Morgan fingerprint density at radius 2 is 1.94 bits per heavy atom. The number of methoxy groups -OCH3 is 1. The van der Waals surface area contributed by atoms with Gasteiger partial charge >= 0.3 is 0 Å². The van der Waals surface area contributed by atoms with Crippen LogP contribution in [0.1, 0.15) is 35.4 Å². The first-order chi connectivity index (χ1) is 17.3. The van der Waals surface area contributed by atoms with Crippen LogP contribution in [0.25, 0.3) is 12.2 Å². The van der Waals surface area contributed by atoms with Crippen molar-refractivity contribution in [2.45, 2.75) is 31.2 Å². The molecule has 1 amide bonds. The van der Waals surface area contributed by atoms with Crippen LogP contribution in [0, 0.1) is 18.7 Å². The number of aryl methyl sites for hydroxylation is 1. The van der Waals surface area contributed by atoms with E-state index in [1.807, 2.05) is 24.3 Å². The van der Waals surface area contributed by atoms with Gasteiger partial charge in [-0.1, -0.05) is 35.5 Å². The van der Waals surface area contributed by atoms with Crippen LogP contribution in [0.5, 0.6) is 5.75 Å². The molecule has 8 nitrogen and oxygen atoms in total. The average molecular weight is 514 g/mol. The molecule has 0 aliphatic carbocycles. The lowest BCUT2D eigenvalue weighted by atomic mass is 9.97. The number of nitrogens with zero attached hydrogens (tertiary/aromatic N) is 2. The average Bonchev–Trinajstić information content (AvgIpc) is 3.28. The van der Waals surface area contributed by atoms with Crippen LogP contribution in [0.3, 0.4) is 0 Å². The van der Waals surface area contributed by atoms with Gasteiger partial charge < -0.3 is 14.6 Å². The molecule has 1 aliphatic heterocycles. The van der Waals surface area contributed by atoms with E-state index in [2.05, 4.69) is 10.5 Å². The number of rotatable bonds is 8. The van der Waals surface area contributed by atoms with Gasteiger partial charge in [0.25, 0.3) is 0 Å². The predicted molar refractivity (Wildman–Crippen MR) is 133 cm³/mol. The van der Waals surface area contributed by atoms with Crippen LogP contribution in [0.15, 0.2) is 57.9 Å². The van der Waals surface area contributed by atoms with E-state index >= 15 is 0 Å². The van der Waals surface area contributed by atoms with Crippen LogP contribution >= 0.6 is 0 Å². The van der Waals surface area contributed by atoms with Gasteiger partial charge in [-0.05, 0) is 55.7 Å². The lowest BCUT2D eigenvalue weighted by Gasteiger charge is -2.30. The number of ether oxygens (including phenoxy) is 1. The molecule has 0 radical (unpaired) electrons. The first-order valence-electron chi connectivity index (χ1n) is 11.6. The molecule has 1 saturated heterocycles. The summed E-state index contributed by atoms with van der Waals surface area (Å²) < 4.78 is 52.6. The number of amides is 1. The van der Waals surface area contributed by atoms with Crippen LogP contribution < -0.4 is 10.1 Å². The van der Waals surface area contributed by atoms with Crippen molar-refractivity contribution in [1.82, 2.24) is 14.8 Å². The van der Waals surface area contributed by atoms with Crippen LogP contribution in [-0.2, 0) is 21.4 Å². The Hall–Kier alpha value is -3.50. The molecule has 190 valence electrons. The van der Waals surface area contributed by atoms with E-state index in [0.29, 0.717) is 30.7 Å². The van der Waals surface area contributed by atoms with Crippen molar-refractivity contribution in [1.29, 1.82) is 0 Å². The first-order valence-corrected chi connectivity index (χ1v) is 13.0. The normalized spacial score (nSPS) is 15.3. The number of carbonyl (C=O) groups excluding carboxylic acids is 1. The molecule has 2 heterocycles. The van der Waals surface area contributed by atoms with Gasteiger partial charge in [-0.25, -0.2) is 12.8 Å². The maximum atomic E-state index is 13.9. The molecule has 0 atom stereocenters. The van der Waals surface area contributed by atoms with Gasteiger partial charge in [0, 0.05) is 31.1 Å². The molecule has 0 bridgehead atoms. The summed E-state index contributed by atoms with van der Waals surface area (Å²) >= 11 is 0. The lowest BCUT2D eigenvalue weighted by molar-refractivity contribution is -0.126. The Morgan fingerprint density at radius 3 is 2.67 bits per heavy atom.